The van der Waals surface area contributed by atoms with E-state index in [0.29, 0.717) is 18.8 Å². The van der Waals surface area contributed by atoms with Crippen molar-refractivity contribution in [2.45, 2.75) is 13.1 Å². The van der Waals surface area contributed by atoms with Gasteiger partial charge in [-0.1, -0.05) is 54.1 Å². The number of halogens is 1. The molecule has 1 N–H and O–H groups in total. The molecule has 3 aromatic rings. The highest BCUT2D eigenvalue weighted by Gasteiger charge is 2.09. The Labute approximate surface area is 157 Å². The van der Waals surface area contributed by atoms with E-state index in [1.165, 1.54) is 4.68 Å². The minimum atomic E-state index is -0.302. The molecule has 0 spiro atoms. The summed E-state index contributed by atoms with van der Waals surface area (Å²) in [4.78, 5) is 14.5. The molecule has 0 aliphatic rings. The maximum Gasteiger partial charge on any atom is 0.287 e. The van der Waals surface area contributed by atoms with E-state index in [1.54, 1.807) is 6.20 Å². The van der Waals surface area contributed by atoms with E-state index in [4.69, 9.17) is 11.6 Å². The minimum absolute atomic E-state index is 0.154. The van der Waals surface area contributed by atoms with Gasteiger partial charge in [-0.25, -0.2) is 4.68 Å². The van der Waals surface area contributed by atoms with Crippen LogP contribution < -0.4 is 15.8 Å². The number of aromatic nitrogens is 2. The van der Waals surface area contributed by atoms with Gasteiger partial charge in [-0.05, 0) is 23.3 Å². The third kappa shape index (κ3) is 4.24. The fourth-order valence-electron chi connectivity index (χ4n) is 2.57. The van der Waals surface area contributed by atoms with Crippen molar-refractivity contribution in [2.75, 3.05) is 24.3 Å². The predicted octanol–water partition coefficient (Wildman–Crippen LogP) is 3.62. The van der Waals surface area contributed by atoms with Crippen LogP contribution in [0, 0.1) is 0 Å². The van der Waals surface area contributed by atoms with Crippen LogP contribution in [-0.4, -0.2) is 23.9 Å². The SMILES string of the molecule is CN(C)c1ccc(CNc2cnn(Cc3ccccc3)c(=O)c2Cl)cc1. The Hall–Kier alpha value is -2.79. The van der Waals surface area contributed by atoms with Crippen molar-refractivity contribution in [3.05, 3.63) is 87.3 Å². The van der Waals surface area contributed by atoms with Gasteiger partial charge >= 0.3 is 0 Å². The standard InChI is InChI=1S/C20H21ClN4O/c1-24(2)17-10-8-15(9-11-17)12-22-18-13-23-25(20(26)19(18)21)14-16-6-4-3-5-7-16/h3-11,13,22H,12,14H2,1-2H3. The number of benzene rings is 2. The van der Waals surface area contributed by atoms with Crippen LogP contribution in [-0.2, 0) is 13.1 Å². The molecule has 134 valence electrons. The molecule has 0 amide bonds. The summed E-state index contributed by atoms with van der Waals surface area (Å²) in [6, 6.07) is 17.9. The maximum absolute atomic E-state index is 12.4. The molecule has 1 heterocycles. The molecule has 5 nitrogen and oxygen atoms in total. The van der Waals surface area contributed by atoms with Crippen LogP contribution in [0.2, 0.25) is 5.02 Å². The summed E-state index contributed by atoms with van der Waals surface area (Å²) < 4.78 is 1.37. The Balaban J connectivity index is 1.71. The second-order valence-electron chi connectivity index (χ2n) is 6.24. The fourth-order valence-corrected chi connectivity index (χ4v) is 2.78. The number of hydrogen-bond donors (Lipinski definition) is 1. The first-order chi connectivity index (χ1) is 12.5. The minimum Gasteiger partial charge on any atom is -0.378 e. The Kier molecular flexibility index (Phi) is 5.58. The molecule has 0 radical (unpaired) electrons. The quantitative estimate of drug-likeness (QED) is 0.722. The zero-order valence-electron chi connectivity index (χ0n) is 14.8. The van der Waals surface area contributed by atoms with Crippen molar-refractivity contribution < 1.29 is 0 Å². The van der Waals surface area contributed by atoms with Crippen molar-refractivity contribution in [1.82, 2.24) is 9.78 Å². The Morgan fingerprint density at radius 1 is 1.04 bits per heavy atom. The molecule has 6 heteroatoms. The maximum atomic E-state index is 12.4. The average molecular weight is 369 g/mol. The van der Waals surface area contributed by atoms with Crippen LogP contribution in [0.1, 0.15) is 11.1 Å². The van der Waals surface area contributed by atoms with E-state index in [9.17, 15) is 4.79 Å². The summed E-state index contributed by atoms with van der Waals surface area (Å²) in [5, 5.41) is 7.58. The molecule has 0 saturated heterocycles. The highest BCUT2D eigenvalue weighted by atomic mass is 35.5. The Morgan fingerprint density at radius 2 is 1.73 bits per heavy atom. The lowest BCUT2D eigenvalue weighted by atomic mass is 10.2. The number of rotatable bonds is 6. The third-order valence-corrected chi connectivity index (χ3v) is 4.46. The topological polar surface area (TPSA) is 50.2 Å². The third-order valence-electron chi connectivity index (χ3n) is 4.10. The summed E-state index contributed by atoms with van der Waals surface area (Å²) in [6.45, 7) is 0.961. The van der Waals surface area contributed by atoms with Crippen molar-refractivity contribution in [3.8, 4) is 0 Å². The lowest BCUT2D eigenvalue weighted by Crippen LogP contribution is -2.24. The van der Waals surface area contributed by atoms with Crippen LogP contribution in [0.5, 0.6) is 0 Å². The van der Waals surface area contributed by atoms with E-state index in [1.807, 2.05) is 61.5 Å². The number of nitrogens with one attached hydrogen (secondary N) is 1. The lowest BCUT2D eigenvalue weighted by molar-refractivity contribution is 0.640. The Morgan fingerprint density at radius 3 is 2.38 bits per heavy atom. The van der Waals surface area contributed by atoms with Crippen molar-refractivity contribution in [1.29, 1.82) is 0 Å². The second-order valence-corrected chi connectivity index (χ2v) is 6.61. The van der Waals surface area contributed by atoms with Crippen LogP contribution in [0.15, 0.2) is 65.6 Å². The molecule has 0 saturated carbocycles. The molecule has 3 rings (SSSR count). The van der Waals surface area contributed by atoms with E-state index in [-0.39, 0.29) is 10.6 Å². The normalized spacial score (nSPS) is 10.6. The summed E-state index contributed by atoms with van der Waals surface area (Å²) in [5.41, 5.74) is 3.47. The summed E-state index contributed by atoms with van der Waals surface area (Å²) in [7, 11) is 4.01. The summed E-state index contributed by atoms with van der Waals surface area (Å²) >= 11 is 6.26. The monoisotopic (exact) mass is 368 g/mol. The molecule has 0 atom stereocenters. The highest BCUT2D eigenvalue weighted by Crippen LogP contribution is 2.18. The Bertz CT molecular complexity index is 921. The predicted molar refractivity (Wildman–Crippen MR) is 107 cm³/mol. The van der Waals surface area contributed by atoms with E-state index < -0.39 is 0 Å². The van der Waals surface area contributed by atoms with Gasteiger partial charge < -0.3 is 10.2 Å². The molecule has 2 aromatic carbocycles. The van der Waals surface area contributed by atoms with Crippen LogP contribution in [0.4, 0.5) is 11.4 Å². The van der Waals surface area contributed by atoms with E-state index >= 15 is 0 Å². The van der Waals surface area contributed by atoms with Crippen molar-refractivity contribution in [3.63, 3.8) is 0 Å². The second kappa shape index (κ2) is 8.06. The van der Waals surface area contributed by atoms with Gasteiger partial charge in [0.05, 0.1) is 18.4 Å². The first-order valence-electron chi connectivity index (χ1n) is 8.34. The smallest absolute Gasteiger partial charge is 0.287 e. The molecule has 0 unspecified atom stereocenters. The molecular formula is C20H21ClN4O. The summed E-state index contributed by atoms with van der Waals surface area (Å²) in [5.74, 6) is 0. The number of nitrogens with zero attached hydrogens (tertiary/aromatic N) is 3. The first-order valence-corrected chi connectivity index (χ1v) is 8.72. The van der Waals surface area contributed by atoms with Gasteiger partial charge in [-0.2, -0.15) is 5.10 Å². The zero-order valence-corrected chi connectivity index (χ0v) is 15.6. The lowest BCUT2D eigenvalue weighted by Gasteiger charge is -2.13. The van der Waals surface area contributed by atoms with Crippen molar-refractivity contribution >= 4 is 23.0 Å². The molecule has 0 fully saturated rings. The fraction of sp³-hybridized carbons (Fsp3) is 0.200. The highest BCUT2D eigenvalue weighted by molar-refractivity contribution is 6.32. The molecule has 1 aromatic heterocycles. The first kappa shape index (κ1) is 18.0. The van der Waals surface area contributed by atoms with Gasteiger partial charge in [0, 0.05) is 26.3 Å². The van der Waals surface area contributed by atoms with Gasteiger partial charge in [0.25, 0.3) is 5.56 Å². The van der Waals surface area contributed by atoms with Gasteiger partial charge in [0.15, 0.2) is 0 Å². The largest absolute Gasteiger partial charge is 0.378 e. The van der Waals surface area contributed by atoms with Crippen LogP contribution in [0.3, 0.4) is 0 Å². The van der Waals surface area contributed by atoms with E-state index in [2.05, 4.69) is 22.5 Å². The average Bonchev–Trinajstić information content (AvgIpc) is 2.66. The van der Waals surface area contributed by atoms with Gasteiger partial charge in [-0.3, -0.25) is 4.79 Å². The zero-order chi connectivity index (χ0) is 18.5. The molecule has 0 aliphatic heterocycles. The number of anilines is 2. The van der Waals surface area contributed by atoms with Gasteiger partial charge in [0.2, 0.25) is 0 Å². The molecule has 0 aliphatic carbocycles. The van der Waals surface area contributed by atoms with Gasteiger partial charge in [0.1, 0.15) is 5.02 Å². The van der Waals surface area contributed by atoms with Crippen LogP contribution in [0.25, 0.3) is 0 Å². The van der Waals surface area contributed by atoms with Crippen LogP contribution >= 0.6 is 11.6 Å². The molecule has 0 bridgehead atoms. The number of hydrogen-bond acceptors (Lipinski definition) is 4. The summed E-state index contributed by atoms with van der Waals surface area (Å²) in [6.07, 6.45) is 1.60. The van der Waals surface area contributed by atoms with Crippen molar-refractivity contribution in [2.24, 2.45) is 0 Å². The molecule has 26 heavy (non-hydrogen) atoms. The van der Waals surface area contributed by atoms with E-state index in [0.717, 1.165) is 16.8 Å². The van der Waals surface area contributed by atoms with Gasteiger partial charge in [-0.15, -0.1) is 0 Å². The molecular weight excluding hydrogens is 348 g/mol.